The highest BCUT2D eigenvalue weighted by Gasteiger charge is 2.30. The van der Waals surface area contributed by atoms with Crippen LogP contribution in [-0.2, 0) is 11.2 Å². The molecule has 0 saturated carbocycles. The number of hydrogen-bond acceptors (Lipinski definition) is 6. The lowest BCUT2D eigenvalue weighted by Gasteiger charge is -2.38. The number of carbonyl (C=O) groups excluding carboxylic acids is 1. The zero-order chi connectivity index (χ0) is 18.7. The van der Waals surface area contributed by atoms with Gasteiger partial charge in [-0.15, -0.1) is 0 Å². The molecule has 138 valence electrons. The van der Waals surface area contributed by atoms with E-state index in [1.807, 2.05) is 11.8 Å². The summed E-state index contributed by atoms with van der Waals surface area (Å²) in [6.45, 7) is 4.33. The van der Waals surface area contributed by atoms with E-state index in [9.17, 15) is 9.59 Å². The van der Waals surface area contributed by atoms with Crippen molar-refractivity contribution in [2.24, 2.45) is 5.73 Å². The van der Waals surface area contributed by atoms with Gasteiger partial charge < -0.3 is 15.6 Å². The van der Waals surface area contributed by atoms with Crippen LogP contribution >= 0.6 is 0 Å². The standard InChI is InChI=1S/C18H24N6O2/c1-11(19)14-6-3-4-9-24(14)15(25)10-13-12(2)22-17(23-18(13)26)16-20-7-5-8-21-16/h5,7-8,11,14H,3-4,6,9-10,19H2,1-2H3,(H,22,23,26). The van der Waals surface area contributed by atoms with E-state index in [0.29, 0.717) is 29.5 Å². The first kappa shape index (κ1) is 18.2. The van der Waals surface area contributed by atoms with Gasteiger partial charge in [-0.25, -0.2) is 15.0 Å². The molecule has 0 bridgehead atoms. The summed E-state index contributed by atoms with van der Waals surface area (Å²) in [5, 5.41) is 0. The van der Waals surface area contributed by atoms with Gasteiger partial charge in [0, 0.05) is 42.3 Å². The summed E-state index contributed by atoms with van der Waals surface area (Å²) >= 11 is 0. The molecular formula is C18H24N6O2. The number of aryl methyl sites for hydroxylation is 1. The van der Waals surface area contributed by atoms with Crippen LogP contribution < -0.4 is 11.3 Å². The Kier molecular flexibility index (Phi) is 5.41. The highest BCUT2D eigenvalue weighted by molar-refractivity contribution is 5.79. The van der Waals surface area contributed by atoms with Crippen molar-refractivity contribution in [3.8, 4) is 11.6 Å². The van der Waals surface area contributed by atoms with E-state index < -0.39 is 0 Å². The number of aromatic nitrogens is 4. The first-order chi connectivity index (χ1) is 12.5. The molecule has 1 aliphatic rings. The predicted octanol–water partition coefficient (Wildman–Crippen LogP) is 0.806. The molecule has 0 aromatic carbocycles. The number of nitrogens with zero attached hydrogens (tertiary/aromatic N) is 4. The van der Waals surface area contributed by atoms with E-state index in [1.54, 1.807) is 25.4 Å². The Morgan fingerprint density at radius 3 is 2.77 bits per heavy atom. The van der Waals surface area contributed by atoms with E-state index >= 15 is 0 Å². The number of likely N-dealkylation sites (tertiary alicyclic amines) is 1. The SMILES string of the molecule is Cc1nc(-c2ncccn2)[nH]c(=O)c1CC(=O)N1CCCCC1C(C)N. The van der Waals surface area contributed by atoms with Crippen LogP contribution in [-0.4, -0.2) is 49.4 Å². The Morgan fingerprint density at radius 2 is 2.12 bits per heavy atom. The fourth-order valence-corrected chi connectivity index (χ4v) is 3.41. The number of carbonyl (C=O) groups is 1. The minimum absolute atomic E-state index is 0.0211. The maximum atomic E-state index is 12.8. The van der Waals surface area contributed by atoms with Crippen molar-refractivity contribution in [3.63, 3.8) is 0 Å². The topological polar surface area (TPSA) is 118 Å². The Hall–Kier alpha value is -2.61. The summed E-state index contributed by atoms with van der Waals surface area (Å²) in [5.41, 5.74) is 6.61. The molecule has 2 aromatic heterocycles. The van der Waals surface area contributed by atoms with Crippen LogP contribution in [0.15, 0.2) is 23.3 Å². The van der Waals surface area contributed by atoms with Crippen LogP contribution in [0.1, 0.15) is 37.4 Å². The molecule has 3 N–H and O–H groups in total. The third-order valence-electron chi connectivity index (χ3n) is 4.80. The number of nitrogens with one attached hydrogen (secondary N) is 1. The fourth-order valence-electron chi connectivity index (χ4n) is 3.41. The second-order valence-corrected chi connectivity index (χ2v) is 6.74. The predicted molar refractivity (Wildman–Crippen MR) is 97.3 cm³/mol. The van der Waals surface area contributed by atoms with Crippen LogP contribution in [0.3, 0.4) is 0 Å². The summed E-state index contributed by atoms with van der Waals surface area (Å²) < 4.78 is 0. The van der Waals surface area contributed by atoms with E-state index in [0.717, 1.165) is 19.3 Å². The molecule has 2 unspecified atom stereocenters. The molecule has 0 radical (unpaired) electrons. The van der Waals surface area contributed by atoms with Crippen molar-refractivity contribution in [1.82, 2.24) is 24.8 Å². The molecule has 1 aliphatic heterocycles. The number of H-pyrrole nitrogens is 1. The van der Waals surface area contributed by atoms with E-state index in [-0.39, 0.29) is 30.0 Å². The van der Waals surface area contributed by atoms with Crippen LogP contribution in [0.25, 0.3) is 11.6 Å². The second-order valence-electron chi connectivity index (χ2n) is 6.74. The highest BCUT2D eigenvalue weighted by Crippen LogP contribution is 2.20. The smallest absolute Gasteiger partial charge is 0.255 e. The van der Waals surface area contributed by atoms with Crippen molar-refractivity contribution in [2.75, 3.05) is 6.54 Å². The van der Waals surface area contributed by atoms with Gasteiger partial charge in [0.2, 0.25) is 5.91 Å². The Labute approximate surface area is 151 Å². The van der Waals surface area contributed by atoms with E-state index in [1.165, 1.54) is 0 Å². The molecule has 1 saturated heterocycles. The molecule has 3 heterocycles. The average molecular weight is 356 g/mol. The first-order valence-corrected chi connectivity index (χ1v) is 8.89. The van der Waals surface area contributed by atoms with Gasteiger partial charge in [0.05, 0.1) is 6.42 Å². The highest BCUT2D eigenvalue weighted by atomic mass is 16.2. The minimum atomic E-state index is -0.331. The van der Waals surface area contributed by atoms with Crippen molar-refractivity contribution >= 4 is 5.91 Å². The second kappa shape index (κ2) is 7.74. The van der Waals surface area contributed by atoms with Crippen molar-refractivity contribution in [2.45, 2.75) is 51.6 Å². The van der Waals surface area contributed by atoms with Gasteiger partial charge in [0.1, 0.15) is 0 Å². The van der Waals surface area contributed by atoms with Gasteiger partial charge in [0.25, 0.3) is 5.56 Å². The summed E-state index contributed by atoms with van der Waals surface area (Å²) in [7, 11) is 0. The van der Waals surface area contributed by atoms with Gasteiger partial charge in [-0.05, 0) is 39.2 Å². The van der Waals surface area contributed by atoms with E-state index in [2.05, 4.69) is 19.9 Å². The van der Waals surface area contributed by atoms with Gasteiger partial charge >= 0.3 is 0 Å². The zero-order valence-corrected chi connectivity index (χ0v) is 15.1. The molecule has 0 aliphatic carbocycles. The number of piperidine rings is 1. The lowest BCUT2D eigenvalue weighted by Crippen LogP contribution is -2.52. The molecule has 1 amide bonds. The van der Waals surface area contributed by atoms with Crippen molar-refractivity contribution in [1.29, 1.82) is 0 Å². The van der Waals surface area contributed by atoms with Crippen LogP contribution in [0, 0.1) is 6.92 Å². The van der Waals surface area contributed by atoms with Crippen LogP contribution in [0.5, 0.6) is 0 Å². The first-order valence-electron chi connectivity index (χ1n) is 8.89. The molecule has 1 fully saturated rings. The Morgan fingerprint density at radius 1 is 1.38 bits per heavy atom. The summed E-state index contributed by atoms with van der Waals surface area (Å²) in [4.78, 5) is 42.4. The number of amides is 1. The lowest BCUT2D eigenvalue weighted by atomic mass is 9.96. The molecule has 26 heavy (non-hydrogen) atoms. The van der Waals surface area contributed by atoms with Crippen LogP contribution in [0.4, 0.5) is 0 Å². The number of hydrogen-bond donors (Lipinski definition) is 2. The third kappa shape index (κ3) is 3.80. The summed E-state index contributed by atoms with van der Waals surface area (Å²) in [6, 6.07) is 1.63. The van der Waals surface area contributed by atoms with Gasteiger partial charge in [-0.3, -0.25) is 9.59 Å². The Bertz CT molecular complexity index is 833. The maximum absolute atomic E-state index is 12.8. The molecule has 8 heteroatoms. The van der Waals surface area contributed by atoms with E-state index in [4.69, 9.17) is 5.73 Å². The van der Waals surface area contributed by atoms with Gasteiger partial charge in [-0.1, -0.05) is 0 Å². The fraction of sp³-hybridized carbons (Fsp3) is 0.500. The number of nitrogens with two attached hydrogens (primary N) is 1. The summed E-state index contributed by atoms with van der Waals surface area (Å²) in [5.74, 6) is 0.570. The number of rotatable bonds is 4. The molecule has 3 rings (SSSR count). The number of aromatic amines is 1. The monoisotopic (exact) mass is 356 g/mol. The molecule has 8 nitrogen and oxygen atoms in total. The molecular weight excluding hydrogens is 332 g/mol. The summed E-state index contributed by atoms with van der Waals surface area (Å²) in [6.07, 6.45) is 6.13. The van der Waals surface area contributed by atoms with Gasteiger partial charge in [-0.2, -0.15) is 0 Å². The molecule has 2 atom stereocenters. The average Bonchev–Trinajstić information content (AvgIpc) is 2.65. The lowest BCUT2D eigenvalue weighted by molar-refractivity contribution is -0.134. The zero-order valence-electron chi connectivity index (χ0n) is 15.1. The maximum Gasteiger partial charge on any atom is 0.255 e. The quantitative estimate of drug-likeness (QED) is 0.837. The molecule has 0 spiro atoms. The largest absolute Gasteiger partial charge is 0.338 e. The van der Waals surface area contributed by atoms with Crippen molar-refractivity contribution < 1.29 is 4.79 Å². The third-order valence-corrected chi connectivity index (χ3v) is 4.80. The van der Waals surface area contributed by atoms with Gasteiger partial charge in [0.15, 0.2) is 11.6 Å². The Balaban J connectivity index is 1.83. The normalized spacial score (nSPS) is 18.6. The van der Waals surface area contributed by atoms with Crippen molar-refractivity contribution in [3.05, 3.63) is 40.1 Å². The molecule has 2 aromatic rings. The minimum Gasteiger partial charge on any atom is -0.338 e. The van der Waals surface area contributed by atoms with Crippen LogP contribution in [0.2, 0.25) is 0 Å².